The van der Waals surface area contributed by atoms with Crippen LogP contribution in [0.15, 0.2) is 54.2 Å². The number of ketones is 1. The molecule has 38 heavy (non-hydrogen) atoms. The lowest BCUT2D eigenvalue weighted by molar-refractivity contribution is -0.140. The number of carbonyl (C=O) groups is 2. The Morgan fingerprint density at radius 2 is 1.95 bits per heavy atom. The molecule has 3 aromatic rings. The highest BCUT2D eigenvalue weighted by Gasteiger charge is 2.46. The smallest absolute Gasteiger partial charge is 0.295 e. The summed E-state index contributed by atoms with van der Waals surface area (Å²) >= 11 is 0. The minimum atomic E-state index is -0.737. The second-order valence-electron chi connectivity index (χ2n) is 9.70. The molecule has 1 atom stereocenters. The van der Waals surface area contributed by atoms with E-state index < -0.39 is 17.7 Å². The third-order valence-electron chi connectivity index (χ3n) is 7.09. The maximum Gasteiger partial charge on any atom is 0.295 e. The summed E-state index contributed by atoms with van der Waals surface area (Å²) in [7, 11) is 0. The van der Waals surface area contributed by atoms with Crippen molar-refractivity contribution in [1.29, 1.82) is 0 Å². The Kier molecular flexibility index (Phi) is 7.76. The van der Waals surface area contributed by atoms with E-state index in [1.807, 2.05) is 49.4 Å². The summed E-state index contributed by atoms with van der Waals surface area (Å²) in [6.45, 7) is 8.67. The molecule has 1 amide bonds. The lowest BCUT2D eigenvalue weighted by Gasteiger charge is -2.29. The molecule has 1 unspecified atom stereocenters. The van der Waals surface area contributed by atoms with Crippen molar-refractivity contribution in [2.75, 3.05) is 46.0 Å². The van der Waals surface area contributed by atoms with Crippen LogP contribution in [-0.4, -0.2) is 82.0 Å². The number of fused-ring (bicyclic) bond motifs is 1. The topological polar surface area (TPSA) is 96.6 Å². The van der Waals surface area contributed by atoms with Crippen LogP contribution in [0.4, 0.5) is 0 Å². The highest BCUT2D eigenvalue weighted by atomic mass is 16.5. The van der Waals surface area contributed by atoms with E-state index in [1.165, 1.54) is 0 Å². The number of ether oxygens (including phenoxy) is 2. The Hall–Kier alpha value is -3.69. The van der Waals surface area contributed by atoms with Crippen LogP contribution in [0.25, 0.3) is 11.4 Å². The van der Waals surface area contributed by atoms with E-state index in [-0.39, 0.29) is 11.3 Å². The molecule has 1 N–H and O–H groups in total. The summed E-state index contributed by atoms with van der Waals surface area (Å²) in [6, 6.07) is 12.2. The van der Waals surface area contributed by atoms with Gasteiger partial charge in [0, 0.05) is 32.4 Å². The van der Waals surface area contributed by atoms with Gasteiger partial charge in [0.15, 0.2) is 5.76 Å². The number of aliphatic hydroxyl groups is 1. The molecule has 0 spiro atoms. The number of morpholine rings is 1. The fourth-order valence-electron chi connectivity index (χ4n) is 5.27. The van der Waals surface area contributed by atoms with Crippen molar-refractivity contribution < 1.29 is 24.2 Å². The van der Waals surface area contributed by atoms with Gasteiger partial charge < -0.3 is 19.5 Å². The SMILES string of the molecule is CCCOc1cccc(C2C(=C(O)c3c(C)nc4ccccn34)C(=O)C(=O)N2CCCN2CCOCC2)c1. The Morgan fingerprint density at radius 3 is 2.74 bits per heavy atom. The monoisotopic (exact) mass is 518 g/mol. The summed E-state index contributed by atoms with van der Waals surface area (Å²) in [5.41, 5.74) is 2.43. The number of carbonyl (C=O) groups excluding carboxylic acids is 2. The number of likely N-dealkylation sites (tertiary alicyclic amines) is 1. The molecule has 5 rings (SSSR count). The summed E-state index contributed by atoms with van der Waals surface area (Å²) in [5.74, 6) is -0.858. The number of aliphatic hydroxyl groups excluding tert-OH is 1. The molecule has 4 heterocycles. The van der Waals surface area contributed by atoms with E-state index in [9.17, 15) is 14.7 Å². The van der Waals surface area contributed by atoms with Crippen molar-refractivity contribution in [1.82, 2.24) is 19.2 Å². The average molecular weight is 519 g/mol. The molecule has 2 saturated heterocycles. The van der Waals surface area contributed by atoms with Crippen molar-refractivity contribution in [3.05, 3.63) is 71.2 Å². The molecule has 9 nitrogen and oxygen atoms in total. The number of amides is 1. The van der Waals surface area contributed by atoms with Crippen LogP contribution in [0.3, 0.4) is 0 Å². The predicted octanol–water partition coefficient (Wildman–Crippen LogP) is 3.58. The lowest BCUT2D eigenvalue weighted by Crippen LogP contribution is -2.38. The van der Waals surface area contributed by atoms with E-state index in [1.54, 1.807) is 22.4 Å². The van der Waals surface area contributed by atoms with Crippen LogP contribution in [0.5, 0.6) is 5.75 Å². The van der Waals surface area contributed by atoms with Crippen LogP contribution in [0, 0.1) is 6.92 Å². The van der Waals surface area contributed by atoms with Gasteiger partial charge in [-0.1, -0.05) is 25.1 Å². The number of aromatic nitrogens is 2. The molecular weight excluding hydrogens is 484 g/mol. The first-order chi connectivity index (χ1) is 18.5. The maximum atomic E-state index is 13.5. The zero-order valence-electron chi connectivity index (χ0n) is 21.9. The van der Waals surface area contributed by atoms with Crippen LogP contribution >= 0.6 is 0 Å². The van der Waals surface area contributed by atoms with Crippen LogP contribution in [-0.2, 0) is 14.3 Å². The van der Waals surface area contributed by atoms with Gasteiger partial charge in [0.1, 0.15) is 17.1 Å². The average Bonchev–Trinajstić information content (AvgIpc) is 3.40. The summed E-state index contributed by atoms with van der Waals surface area (Å²) < 4.78 is 13.0. The van der Waals surface area contributed by atoms with Gasteiger partial charge in [-0.3, -0.25) is 18.9 Å². The zero-order valence-corrected chi connectivity index (χ0v) is 21.9. The van der Waals surface area contributed by atoms with Gasteiger partial charge in [-0.05, 0) is 49.6 Å². The summed E-state index contributed by atoms with van der Waals surface area (Å²) in [4.78, 5) is 35.3. The molecule has 0 saturated carbocycles. The maximum absolute atomic E-state index is 13.5. The van der Waals surface area contributed by atoms with Crippen molar-refractivity contribution >= 4 is 23.1 Å². The number of imidazole rings is 1. The molecule has 0 aliphatic carbocycles. The number of Topliss-reactive ketones (excluding diaryl/α,β-unsaturated/α-hetero) is 1. The van der Waals surface area contributed by atoms with Gasteiger partial charge in [0.2, 0.25) is 0 Å². The van der Waals surface area contributed by atoms with Crippen molar-refractivity contribution in [2.45, 2.75) is 32.7 Å². The highest BCUT2D eigenvalue weighted by molar-refractivity contribution is 6.46. The fourth-order valence-corrected chi connectivity index (χ4v) is 5.27. The first-order valence-electron chi connectivity index (χ1n) is 13.2. The Bertz CT molecular complexity index is 1360. The van der Waals surface area contributed by atoms with Gasteiger partial charge >= 0.3 is 0 Å². The molecule has 9 heteroatoms. The number of hydrogen-bond donors (Lipinski definition) is 1. The van der Waals surface area contributed by atoms with Gasteiger partial charge in [0.25, 0.3) is 11.7 Å². The lowest BCUT2D eigenvalue weighted by atomic mass is 9.96. The number of rotatable bonds is 9. The molecule has 2 fully saturated rings. The third kappa shape index (κ3) is 5.04. The highest BCUT2D eigenvalue weighted by Crippen LogP contribution is 2.41. The summed E-state index contributed by atoms with van der Waals surface area (Å²) in [5, 5.41) is 11.6. The quantitative estimate of drug-likeness (QED) is 0.263. The van der Waals surface area contributed by atoms with Gasteiger partial charge in [-0.15, -0.1) is 0 Å². The second-order valence-corrected chi connectivity index (χ2v) is 9.70. The second kappa shape index (κ2) is 11.4. The van der Waals surface area contributed by atoms with E-state index in [2.05, 4.69) is 9.88 Å². The Balaban J connectivity index is 1.55. The van der Waals surface area contributed by atoms with E-state index in [4.69, 9.17) is 9.47 Å². The first-order valence-corrected chi connectivity index (χ1v) is 13.2. The molecule has 0 radical (unpaired) electrons. The molecule has 0 bridgehead atoms. The van der Waals surface area contributed by atoms with E-state index in [0.29, 0.717) is 55.6 Å². The van der Waals surface area contributed by atoms with Gasteiger partial charge in [-0.2, -0.15) is 0 Å². The molecular formula is C29H34N4O5. The number of benzene rings is 1. The first kappa shape index (κ1) is 25.9. The zero-order chi connectivity index (χ0) is 26.6. The van der Waals surface area contributed by atoms with Gasteiger partial charge in [0.05, 0.1) is 37.1 Å². The molecule has 2 aliphatic heterocycles. The number of pyridine rings is 1. The molecule has 200 valence electrons. The number of aryl methyl sites for hydroxylation is 1. The standard InChI is InChI=1S/C29H34N4O5/c1-3-16-38-22-9-6-8-21(19-22)26-24(27(34)25-20(2)30-23-10-4-5-12-32(23)25)28(35)29(36)33(26)13-7-11-31-14-17-37-18-15-31/h4-6,8-10,12,19,26,34H,3,7,11,13-18H2,1-2H3. The minimum absolute atomic E-state index is 0.0720. The van der Waals surface area contributed by atoms with Crippen molar-refractivity contribution in [3.8, 4) is 5.75 Å². The van der Waals surface area contributed by atoms with Crippen molar-refractivity contribution in [3.63, 3.8) is 0 Å². The van der Waals surface area contributed by atoms with Crippen LogP contribution in [0.1, 0.15) is 42.8 Å². The van der Waals surface area contributed by atoms with Gasteiger partial charge in [-0.25, -0.2) is 4.98 Å². The van der Waals surface area contributed by atoms with Crippen LogP contribution in [0.2, 0.25) is 0 Å². The normalized spacial score (nSPS) is 19.9. The minimum Gasteiger partial charge on any atom is -0.505 e. The third-order valence-corrected chi connectivity index (χ3v) is 7.09. The fraction of sp³-hybridized carbons (Fsp3) is 0.414. The molecule has 2 aromatic heterocycles. The predicted molar refractivity (Wildman–Crippen MR) is 143 cm³/mol. The largest absolute Gasteiger partial charge is 0.505 e. The number of hydrogen-bond acceptors (Lipinski definition) is 7. The summed E-state index contributed by atoms with van der Waals surface area (Å²) in [6.07, 6.45) is 3.35. The van der Waals surface area contributed by atoms with Crippen molar-refractivity contribution in [2.24, 2.45) is 0 Å². The van der Waals surface area contributed by atoms with E-state index in [0.717, 1.165) is 31.6 Å². The Labute approximate surface area is 222 Å². The molecule has 1 aromatic carbocycles. The van der Waals surface area contributed by atoms with Crippen LogP contribution < -0.4 is 4.74 Å². The Morgan fingerprint density at radius 1 is 1.13 bits per heavy atom. The number of nitrogens with zero attached hydrogens (tertiary/aromatic N) is 4. The van der Waals surface area contributed by atoms with E-state index >= 15 is 0 Å². The molecule has 2 aliphatic rings.